The number of benzene rings is 1. The van der Waals surface area contributed by atoms with E-state index in [1.807, 2.05) is 50.2 Å². The van der Waals surface area contributed by atoms with E-state index >= 15 is 0 Å². The Hall–Kier alpha value is -3.19. The number of Topliss-reactive ketones (excluding diaryl/α,β-unsaturated/α-hetero) is 1. The normalized spacial score (nSPS) is 18.5. The predicted molar refractivity (Wildman–Crippen MR) is 109 cm³/mol. The van der Waals surface area contributed by atoms with E-state index in [4.69, 9.17) is 4.74 Å². The number of carbonyl (C=O) groups is 2. The van der Waals surface area contributed by atoms with E-state index in [1.54, 1.807) is 12.1 Å². The lowest BCUT2D eigenvalue weighted by molar-refractivity contribution is -0.140. The SMILES string of the molecule is CCOc1cccc(C2C(=C(O)c3ccncc3)C(=O)C(=O)N2CCN(C)C)c1. The molecule has 0 bridgehead atoms. The number of amides is 1. The van der Waals surface area contributed by atoms with E-state index in [-0.39, 0.29) is 11.3 Å². The summed E-state index contributed by atoms with van der Waals surface area (Å²) in [6.07, 6.45) is 3.06. The van der Waals surface area contributed by atoms with Crippen LogP contribution in [0.4, 0.5) is 0 Å². The van der Waals surface area contributed by atoms with Crippen molar-refractivity contribution in [2.45, 2.75) is 13.0 Å². The van der Waals surface area contributed by atoms with Gasteiger partial charge in [-0.05, 0) is 50.8 Å². The third-order valence-electron chi connectivity index (χ3n) is 4.77. The minimum atomic E-state index is -0.691. The Morgan fingerprint density at radius 3 is 2.59 bits per heavy atom. The molecule has 7 nitrogen and oxygen atoms in total. The number of aliphatic hydroxyl groups excluding tert-OH is 1. The Labute approximate surface area is 170 Å². The summed E-state index contributed by atoms with van der Waals surface area (Å²) in [5, 5.41) is 10.9. The summed E-state index contributed by atoms with van der Waals surface area (Å²) in [5.41, 5.74) is 1.23. The minimum Gasteiger partial charge on any atom is -0.507 e. The van der Waals surface area contributed by atoms with Crippen molar-refractivity contribution in [3.05, 3.63) is 65.5 Å². The van der Waals surface area contributed by atoms with Gasteiger partial charge in [0.15, 0.2) is 0 Å². The maximum Gasteiger partial charge on any atom is 0.295 e. The molecule has 7 heteroatoms. The van der Waals surface area contributed by atoms with Gasteiger partial charge in [0, 0.05) is 31.0 Å². The zero-order valence-electron chi connectivity index (χ0n) is 16.8. The van der Waals surface area contributed by atoms with Gasteiger partial charge in [0.2, 0.25) is 0 Å². The number of nitrogens with zero attached hydrogens (tertiary/aromatic N) is 3. The number of likely N-dealkylation sites (tertiary alicyclic amines) is 1. The van der Waals surface area contributed by atoms with Gasteiger partial charge in [0.1, 0.15) is 11.5 Å². The lowest BCUT2D eigenvalue weighted by atomic mass is 9.95. The van der Waals surface area contributed by atoms with Crippen LogP contribution >= 0.6 is 0 Å². The molecule has 0 spiro atoms. The lowest BCUT2D eigenvalue weighted by Gasteiger charge is -2.26. The first-order valence-electron chi connectivity index (χ1n) is 9.50. The summed E-state index contributed by atoms with van der Waals surface area (Å²) in [6, 6.07) is 9.81. The van der Waals surface area contributed by atoms with Crippen LogP contribution in [0.25, 0.3) is 5.76 Å². The number of ether oxygens (including phenoxy) is 1. The van der Waals surface area contributed by atoms with Crippen LogP contribution in [0.1, 0.15) is 24.1 Å². The highest BCUT2D eigenvalue weighted by atomic mass is 16.5. The summed E-state index contributed by atoms with van der Waals surface area (Å²) < 4.78 is 5.59. The highest BCUT2D eigenvalue weighted by Gasteiger charge is 2.46. The second kappa shape index (κ2) is 8.87. The zero-order chi connectivity index (χ0) is 21.0. The lowest BCUT2D eigenvalue weighted by Crippen LogP contribution is -2.35. The van der Waals surface area contributed by atoms with Crippen molar-refractivity contribution >= 4 is 17.4 Å². The first-order valence-corrected chi connectivity index (χ1v) is 9.50. The molecule has 0 saturated carbocycles. The summed E-state index contributed by atoms with van der Waals surface area (Å²) in [6.45, 7) is 3.33. The van der Waals surface area contributed by atoms with Gasteiger partial charge in [-0.25, -0.2) is 0 Å². The highest BCUT2D eigenvalue weighted by Crippen LogP contribution is 2.40. The molecule has 1 aliphatic rings. The number of rotatable bonds is 7. The van der Waals surface area contributed by atoms with Crippen molar-refractivity contribution in [3.8, 4) is 5.75 Å². The van der Waals surface area contributed by atoms with Gasteiger partial charge in [-0.3, -0.25) is 14.6 Å². The molecule has 152 valence electrons. The molecule has 1 aromatic heterocycles. The van der Waals surface area contributed by atoms with E-state index in [2.05, 4.69) is 4.98 Å². The number of aromatic nitrogens is 1. The van der Waals surface area contributed by atoms with Crippen LogP contribution in [0.5, 0.6) is 5.75 Å². The molecule has 1 aromatic carbocycles. The van der Waals surface area contributed by atoms with Crippen LogP contribution < -0.4 is 4.74 Å². The summed E-state index contributed by atoms with van der Waals surface area (Å²) >= 11 is 0. The van der Waals surface area contributed by atoms with Crippen molar-refractivity contribution in [1.29, 1.82) is 0 Å². The monoisotopic (exact) mass is 395 g/mol. The van der Waals surface area contributed by atoms with Crippen LogP contribution in [0.3, 0.4) is 0 Å². The second-order valence-corrected chi connectivity index (χ2v) is 7.04. The zero-order valence-corrected chi connectivity index (χ0v) is 16.8. The number of hydrogen-bond acceptors (Lipinski definition) is 6. The third-order valence-corrected chi connectivity index (χ3v) is 4.77. The maximum atomic E-state index is 12.9. The van der Waals surface area contributed by atoms with Crippen LogP contribution in [0.2, 0.25) is 0 Å². The van der Waals surface area contributed by atoms with Crippen LogP contribution in [-0.4, -0.2) is 65.4 Å². The maximum absolute atomic E-state index is 12.9. The van der Waals surface area contributed by atoms with Crippen molar-refractivity contribution in [3.63, 3.8) is 0 Å². The fourth-order valence-electron chi connectivity index (χ4n) is 3.37. The van der Waals surface area contributed by atoms with E-state index in [1.165, 1.54) is 17.3 Å². The Balaban J connectivity index is 2.13. The summed E-state index contributed by atoms with van der Waals surface area (Å²) in [7, 11) is 3.80. The molecular formula is C22H25N3O4. The Morgan fingerprint density at radius 2 is 1.93 bits per heavy atom. The molecule has 2 aromatic rings. The van der Waals surface area contributed by atoms with E-state index in [9.17, 15) is 14.7 Å². The summed E-state index contributed by atoms with van der Waals surface area (Å²) in [5.74, 6) is -0.865. The van der Waals surface area contributed by atoms with E-state index in [0.717, 1.165) is 0 Å². The first kappa shape index (κ1) is 20.5. The van der Waals surface area contributed by atoms with Crippen LogP contribution in [0.15, 0.2) is 54.4 Å². The average Bonchev–Trinajstić information content (AvgIpc) is 2.97. The summed E-state index contributed by atoms with van der Waals surface area (Å²) in [4.78, 5) is 33.1. The van der Waals surface area contributed by atoms with E-state index < -0.39 is 17.7 Å². The standard InChI is InChI=1S/C22H25N3O4/c1-4-29-17-7-5-6-16(14-17)19-18(20(26)15-8-10-23-11-9-15)21(27)22(28)25(19)13-12-24(2)3/h5-11,14,19,26H,4,12-13H2,1-3H3. The number of pyridine rings is 1. The molecule has 29 heavy (non-hydrogen) atoms. The Morgan fingerprint density at radius 1 is 1.21 bits per heavy atom. The van der Waals surface area contributed by atoms with E-state index in [0.29, 0.717) is 36.6 Å². The molecule has 1 amide bonds. The van der Waals surface area contributed by atoms with Gasteiger partial charge in [0.05, 0.1) is 18.2 Å². The van der Waals surface area contributed by atoms with Crippen LogP contribution in [0, 0.1) is 0 Å². The molecule has 1 N–H and O–H groups in total. The second-order valence-electron chi connectivity index (χ2n) is 7.04. The van der Waals surface area contributed by atoms with Gasteiger partial charge in [-0.2, -0.15) is 0 Å². The third kappa shape index (κ3) is 4.30. The fraction of sp³-hybridized carbons (Fsp3) is 0.318. The predicted octanol–water partition coefficient (Wildman–Crippen LogP) is 2.46. The average molecular weight is 395 g/mol. The molecule has 1 aliphatic heterocycles. The quantitative estimate of drug-likeness (QED) is 0.441. The number of likely N-dealkylation sites (N-methyl/N-ethyl adjacent to an activating group) is 1. The molecular weight excluding hydrogens is 370 g/mol. The highest BCUT2D eigenvalue weighted by molar-refractivity contribution is 6.46. The van der Waals surface area contributed by atoms with Crippen molar-refractivity contribution in [2.75, 3.05) is 33.8 Å². The smallest absolute Gasteiger partial charge is 0.295 e. The minimum absolute atomic E-state index is 0.0774. The number of carbonyl (C=O) groups excluding carboxylic acids is 2. The van der Waals surface area contributed by atoms with Gasteiger partial charge in [-0.1, -0.05) is 12.1 Å². The van der Waals surface area contributed by atoms with Gasteiger partial charge < -0.3 is 19.6 Å². The van der Waals surface area contributed by atoms with Crippen LogP contribution in [-0.2, 0) is 9.59 Å². The number of aliphatic hydroxyl groups is 1. The van der Waals surface area contributed by atoms with Gasteiger partial charge in [-0.15, -0.1) is 0 Å². The molecule has 0 aliphatic carbocycles. The molecule has 1 saturated heterocycles. The fourth-order valence-corrected chi connectivity index (χ4v) is 3.37. The number of ketones is 1. The largest absolute Gasteiger partial charge is 0.507 e. The molecule has 2 heterocycles. The molecule has 0 radical (unpaired) electrons. The van der Waals surface area contributed by atoms with Crippen molar-refractivity contribution < 1.29 is 19.4 Å². The topological polar surface area (TPSA) is 83.0 Å². The van der Waals surface area contributed by atoms with Crippen molar-refractivity contribution in [2.24, 2.45) is 0 Å². The molecule has 1 unspecified atom stereocenters. The molecule has 3 rings (SSSR count). The molecule has 1 atom stereocenters. The Bertz CT molecular complexity index is 925. The molecule has 1 fully saturated rings. The van der Waals surface area contributed by atoms with Gasteiger partial charge in [0.25, 0.3) is 11.7 Å². The first-order chi connectivity index (χ1) is 13.9. The van der Waals surface area contributed by atoms with Gasteiger partial charge >= 0.3 is 0 Å². The Kier molecular flexibility index (Phi) is 6.29. The number of hydrogen-bond donors (Lipinski definition) is 1. The van der Waals surface area contributed by atoms with Crippen molar-refractivity contribution in [1.82, 2.24) is 14.8 Å².